The molecule has 0 saturated carbocycles. The van der Waals surface area contributed by atoms with E-state index in [2.05, 4.69) is 15.1 Å². The fraction of sp³-hybridized carbons (Fsp3) is 0.222. The monoisotopic (exact) mass is 433 g/mol. The van der Waals surface area contributed by atoms with E-state index in [1.807, 2.05) is 12.3 Å². The average molecular weight is 434 g/mol. The zero-order valence-corrected chi connectivity index (χ0v) is 16.7. The molecule has 4 rings (SSSR count). The molecular weight excluding hydrogens is 417 g/mol. The number of anilines is 1. The third-order valence-corrected chi connectivity index (χ3v) is 5.02. The number of ether oxygens (including phenoxy) is 1. The van der Waals surface area contributed by atoms with E-state index in [0.29, 0.717) is 45.9 Å². The third kappa shape index (κ3) is 3.92. The second kappa shape index (κ2) is 7.76. The van der Waals surface area contributed by atoms with Gasteiger partial charge in [-0.2, -0.15) is 5.10 Å². The minimum absolute atomic E-state index is 0.0681. The van der Waals surface area contributed by atoms with Gasteiger partial charge in [0.2, 0.25) is 5.95 Å². The van der Waals surface area contributed by atoms with E-state index in [0.717, 1.165) is 5.56 Å². The van der Waals surface area contributed by atoms with Crippen molar-refractivity contribution in [2.45, 2.75) is 19.6 Å². The maximum absolute atomic E-state index is 11.6. The van der Waals surface area contributed by atoms with Crippen molar-refractivity contribution in [3.63, 3.8) is 0 Å². The van der Waals surface area contributed by atoms with Crippen LogP contribution < -0.4 is 16.2 Å². The van der Waals surface area contributed by atoms with Crippen LogP contribution in [0.25, 0.3) is 11.3 Å². The number of amides is 2. The van der Waals surface area contributed by atoms with Crippen LogP contribution in [0.5, 0.6) is 5.75 Å². The van der Waals surface area contributed by atoms with E-state index in [1.165, 1.54) is 4.90 Å². The van der Waals surface area contributed by atoms with Crippen molar-refractivity contribution in [2.24, 2.45) is 5.73 Å². The highest BCUT2D eigenvalue weighted by molar-refractivity contribution is 6.37. The molecule has 11 heteroatoms. The lowest BCUT2D eigenvalue weighted by molar-refractivity contribution is 0.208. The van der Waals surface area contributed by atoms with Crippen LogP contribution in [0, 0.1) is 0 Å². The first kappa shape index (κ1) is 19.3. The third-order valence-electron chi connectivity index (χ3n) is 4.50. The number of hydrogen-bond donors (Lipinski definition) is 2. The number of primary amides is 1. The van der Waals surface area contributed by atoms with Crippen LogP contribution in [0.15, 0.2) is 30.6 Å². The summed E-state index contributed by atoms with van der Waals surface area (Å²) in [7, 11) is 0. The standard InChI is InChI=1S/C18H17Cl2N7O2/c19-10-6-12(20)15(14(7-10)29-5-4-27-3-1-2-23-27)16-11-8-26(18(22)28)9-13(11)24-17(21)25-16/h1-3,6-7H,4-5,8-9H2,(H2,22,28)(H2,21,24,25). The fourth-order valence-electron chi connectivity index (χ4n) is 3.21. The first-order chi connectivity index (χ1) is 13.9. The number of nitrogens with zero attached hydrogens (tertiary/aromatic N) is 5. The van der Waals surface area contributed by atoms with Gasteiger partial charge in [0, 0.05) is 23.0 Å². The largest absolute Gasteiger partial charge is 0.491 e. The van der Waals surface area contributed by atoms with Gasteiger partial charge in [-0.25, -0.2) is 14.8 Å². The molecule has 0 fully saturated rings. The minimum Gasteiger partial charge on any atom is -0.491 e. The molecule has 1 aliphatic rings. The van der Waals surface area contributed by atoms with Gasteiger partial charge < -0.3 is 21.1 Å². The lowest BCUT2D eigenvalue weighted by Gasteiger charge is -2.16. The number of nitrogen functional groups attached to an aromatic ring is 1. The predicted octanol–water partition coefficient (Wildman–Crippen LogP) is 2.70. The molecule has 2 aromatic heterocycles. The molecule has 2 amide bonds. The predicted molar refractivity (Wildman–Crippen MR) is 108 cm³/mol. The van der Waals surface area contributed by atoms with Crippen molar-refractivity contribution in [3.05, 3.63) is 51.9 Å². The van der Waals surface area contributed by atoms with Gasteiger partial charge in [-0.05, 0) is 18.2 Å². The lowest BCUT2D eigenvalue weighted by Crippen LogP contribution is -2.30. The number of hydrogen-bond acceptors (Lipinski definition) is 6. The summed E-state index contributed by atoms with van der Waals surface area (Å²) in [5.41, 5.74) is 13.7. The fourth-order valence-corrected chi connectivity index (χ4v) is 3.78. The smallest absolute Gasteiger partial charge is 0.315 e. The Morgan fingerprint density at radius 1 is 1.24 bits per heavy atom. The lowest BCUT2D eigenvalue weighted by atomic mass is 10.0. The van der Waals surface area contributed by atoms with Crippen LogP contribution in [0.3, 0.4) is 0 Å². The molecule has 4 N–H and O–H groups in total. The molecule has 3 heterocycles. The van der Waals surface area contributed by atoms with Crippen LogP contribution in [0.2, 0.25) is 10.0 Å². The van der Waals surface area contributed by atoms with Crippen LogP contribution in [0.4, 0.5) is 10.7 Å². The number of fused-ring (bicyclic) bond motifs is 1. The topological polar surface area (TPSA) is 125 Å². The number of carbonyl (C=O) groups excluding carboxylic acids is 1. The Hall–Kier alpha value is -3.04. The number of rotatable bonds is 5. The Morgan fingerprint density at radius 2 is 2.07 bits per heavy atom. The Morgan fingerprint density at radius 3 is 2.79 bits per heavy atom. The summed E-state index contributed by atoms with van der Waals surface area (Å²) in [4.78, 5) is 21.7. The Balaban J connectivity index is 1.73. The molecule has 0 aliphatic carbocycles. The van der Waals surface area contributed by atoms with Gasteiger partial charge in [0.25, 0.3) is 0 Å². The zero-order valence-electron chi connectivity index (χ0n) is 15.2. The van der Waals surface area contributed by atoms with Crippen molar-refractivity contribution < 1.29 is 9.53 Å². The van der Waals surface area contributed by atoms with Gasteiger partial charge in [-0.3, -0.25) is 4.68 Å². The summed E-state index contributed by atoms with van der Waals surface area (Å²) >= 11 is 12.7. The highest BCUT2D eigenvalue weighted by Gasteiger charge is 2.29. The molecular formula is C18H17Cl2N7O2. The summed E-state index contributed by atoms with van der Waals surface area (Å²) in [6.45, 7) is 1.38. The van der Waals surface area contributed by atoms with Crippen molar-refractivity contribution in [1.29, 1.82) is 0 Å². The number of halogens is 2. The van der Waals surface area contributed by atoms with Crippen molar-refractivity contribution >= 4 is 35.2 Å². The van der Waals surface area contributed by atoms with Crippen LogP contribution in [-0.4, -0.2) is 37.3 Å². The number of benzene rings is 1. The first-order valence-electron chi connectivity index (χ1n) is 8.71. The molecule has 0 atom stereocenters. The molecule has 0 unspecified atom stereocenters. The van der Waals surface area contributed by atoms with E-state index >= 15 is 0 Å². The number of nitrogens with two attached hydrogens (primary N) is 2. The van der Waals surface area contributed by atoms with E-state index in [4.69, 9.17) is 39.4 Å². The summed E-state index contributed by atoms with van der Waals surface area (Å²) in [6.07, 6.45) is 3.53. The molecule has 1 aliphatic heterocycles. The first-order valence-corrected chi connectivity index (χ1v) is 9.47. The highest BCUT2D eigenvalue weighted by atomic mass is 35.5. The molecule has 1 aromatic carbocycles. The normalized spacial score (nSPS) is 12.8. The van der Waals surface area contributed by atoms with Crippen LogP contribution in [-0.2, 0) is 19.6 Å². The molecule has 0 saturated heterocycles. The van der Waals surface area contributed by atoms with Gasteiger partial charge in [-0.15, -0.1) is 0 Å². The van der Waals surface area contributed by atoms with Gasteiger partial charge in [0.15, 0.2) is 0 Å². The van der Waals surface area contributed by atoms with Crippen molar-refractivity contribution in [2.75, 3.05) is 12.3 Å². The summed E-state index contributed by atoms with van der Waals surface area (Å²) < 4.78 is 7.71. The molecule has 0 radical (unpaired) electrons. The molecule has 3 aromatic rings. The van der Waals surface area contributed by atoms with E-state index in [1.54, 1.807) is 23.0 Å². The quantitative estimate of drug-likeness (QED) is 0.636. The van der Waals surface area contributed by atoms with Gasteiger partial charge in [-0.1, -0.05) is 23.2 Å². The number of urea groups is 1. The Labute approximate surface area is 176 Å². The van der Waals surface area contributed by atoms with E-state index < -0.39 is 6.03 Å². The van der Waals surface area contributed by atoms with Gasteiger partial charge in [0.05, 0.1) is 41.6 Å². The maximum atomic E-state index is 11.6. The Bertz CT molecular complexity index is 1070. The highest BCUT2D eigenvalue weighted by Crippen LogP contribution is 2.42. The summed E-state index contributed by atoms with van der Waals surface area (Å²) in [5.74, 6) is 0.519. The molecule has 9 nitrogen and oxygen atoms in total. The minimum atomic E-state index is -0.551. The number of aromatic nitrogens is 4. The van der Waals surface area contributed by atoms with Gasteiger partial charge in [0.1, 0.15) is 12.4 Å². The Kier molecular flexibility index (Phi) is 5.16. The summed E-state index contributed by atoms with van der Waals surface area (Å²) in [5, 5.41) is 4.92. The van der Waals surface area contributed by atoms with Crippen molar-refractivity contribution in [3.8, 4) is 17.0 Å². The average Bonchev–Trinajstić information content (AvgIpc) is 3.30. The SMILES string of the molecule is NC(=O)N1Cc2nc(N)nc(-c3c(Cl)cc(Cl)cc3OCCn3cccn3)c2C1. The zero-order chi connectivity index (χ0) is 20.5. The van der Waals surface area contributed by atoms with Gasteiger partial charge >= 0.3 is 6.03 Å². The second-order valence-corrected chi connectivity index (χ2v) is 7.27. The second-order valence-electron chi connectivity index (χ2n) is 6.43. The van der Waals surface area contributed by atoms with Crippen LogP contribution >= 0.6 is 23.2 Å². The molecule has 0 bridgehead atoms. The molecule has 150 valence electrons. The van der Waals surface area contributed by atoms with Crippen LogP contribution in [0.1, 0.15) is 11.3 Å². The van der Waals surface area contributed by atoms with Crippen molar-refractivity contribution in [1.82, 2.24) is 24.6 Å². The maximum Gasteiger partial charge on any atom is 0.315 e. The molecule has 29 heavy (non-hydrogen) atoms. The number of carbonyl (C=O) groups is 1. The van der Waals surface area contributed by atoms with E-state index in [-0.39, 0.29) is 19.0 Å². The summed E-state index contributed by atoms with van der Waals surface area (Å²) in [6, 6.07) is 4.55. The van der Waals surface area contributed by atoms with E-state index in [9.17, 15) is 4.79 Å². The molecule has 0 spiro atoms.